The molecule has 0 radical (unpaired) electrons. The Morgan fingerprint density at radius 1 is 1.16 bits per heavy atom. The van der Waals surface area contributed by atoms with E-state index >= 15 is 0 Å². The number of methoxy groups -OCH3 is 1. The average molecular weight is 637 g/mol. The van der Waals surface area contributed by atoms with Gasteiger partial charge < -0.3 is 24.0 Å². The molecule has 43 heavy (non-hydrogen) atoms. The number of rotatable bonds is 10. The molecule has 1 aliphatic rings. The van der Waals surface area contributed by atoms with Crippen LogP contribution in [0, 0.1) is 19.8 Å². The second kappa shape index (κ2) is 12.5. The number of aromatic nitrogens is 1. The monoisotopic (exact) mass is 636 g/mol. The Morgan fingerprint density at radius 2 is 1.84 bits per heavy atom. The summed E-state index contributed by atoms with van der Waals surface area (Å²) in [5.74, 6) is -0.388. The van der Waals surface area contributed by atoms with E-state index in [1.54, 1.807) is 26.0 Å². The van der Waals surface area contributed by atoms with Gasteiger partial charge in [0.2, 0.25) is 10.0 Å². The van der Waals surface area contributed by atoms with Crippen molar-refractivity contribution in [3.05, 3.63) is 59.5 Å². The minimum Gasteiger partial charge on any atom is -0.497 e. The van der Waals surface area contributed by atoms with Crippen LogP contribution in [0.3, 0.4) is 0 Å². The summed E-state index contributed by atoms with van der Waals surface area (Å²) in [4.78, 5) is 15.1. The van der Waals surface area contributed by atoms with E-state index in [9.17, 15) is 26.7 Å². The summed E-state index contributed by atoms with van der Waals surface area (Å²) in [6, 6.07) is 9.83. The van der Waals surface area contributed by atoms with Crippen LogP contribution in [0.2, 0.25) is 0 Å². The fourth-order valence-corrected chi connectivity index (χ4v) is 7.45. The Balaban J connectivity index is 1.76. The summed E-state index contributed by atoms with van der Waals surface area (Å²) >= 11 is 0. The number of benzene rings is 2. The summed E-state index contributed by atoms with van der Waals surface area (Å²) in [7, 11) is -5.29. The molecule has 0 spiro atoms. The van der Waals surface area contributed by atoms with Gasteiger partial charge in [-0.3, -0.25) is 9.52 Å². The topological polar surface area (TPSA) is 169 Å². The smallest absolute Gasteiger partial charge is 0.267 e. The molecule has 234 valence electrons. The van der Waals surface area contributed by atoms with Gasteiger partial charge in [-0.05, 0) is 57.2 Å². The zero-order valence-corrected chi connectivity index (χ0v) is 26.4. The SMILES string of the molecule is COc1ccc(S(=O)(=O)N(C)C[C@H]2Oc3c(NS(=O)(=O)c4c(C)noc4C)cccc3C(=O)N([C@@H](C)CO)C[C@H]2C)cc1. The maximum Gasteiger partial charge on any atom is 0.267 e. The lowest BCUT2D eigenvalue weighted by atomic mass is 9.99. The molecule has 0 saturated heterocycles. The van der Waals surface area contributed by atoms with Crippen molar-refractivity contribution >= 4 is 31.6 Å². The van der Waals surface area contributed by atoms with Crippen molar-refractivity contribution in [1.82, 2.24) is 14.4 Å². The number of nitrogens with zero attached hydrogens (tertiary/aromatic N) is 3. The van der Waals surface area contributed by atoms with Crippen molar-refractivity contribution in [2.24, 2.45) is 5.92 Å². The highest BCUT2D eigenvalue weighted by Crippen LogP contribution is 2.37. The summed E-state index contributed by atoms with van der Waals surface area (Å²) in [5, 5.41) is 13.6. The molecule has 0 bridgehead atoms. The zero-order valence-electron chi connectivity index (χ0n) is 24.8. The second-order valence-electron chi connectivity index (χ2n) is 10.5. The molecule has 3 atom stereocenters. The second-order valence-corrected chi connectivity index (χ2v) is 14.2. The van der Waals surface area contributed by atoms with Crippen LogP contribution in [-0.4, -0.2) is 88.2 Å². The van der Waals surface area contributed by atoms with Crippen molar-refractivity contribution in [2.75, 3.05) is 38.6 Å². The molecule has 0 saturated carbocycles. The predicted molar refractivity (Wildman–Crippen MR) is 157 cm³/mol. The zero-order chi connectivity index (χ0) is 31.7. The molecule has 0 unspecified atom stereocenters. The number of para-hydroxylation sites is 1. The molecule has 15 heteroatoms. The number of aliphatic hydroxyl groups is 1. The van der Waals surface area contributed by atoms with Crippen LogP contribution in [0.25, 0.3) is 0 Å². The number of hydrogen-bond acceptors (Lipinski definition) is 10. The molecule has 2 N–H and O–H groups in total. The van der Waals surface area contributed by atoms with E-state index < -0.39 is 44.0 Å². The minimum atomic E-state index is -4.22. The van der Waals surface area contributed by atoms with E-state index in [0.717, 1.165) is 4.31 Å². The van der Waals surface area contributed by atoms with Crippen molar-refractivity contribution in [3.8, 4) is 11.5 Å². The standard InChI is InChI=1S/C28H36N4O9S2/c1-17-14-32(18(2)16-33)28(34)23-8-7-9-24(30-42(35,36)27-19(3)29-41-20(27)4)26(23)40-25(17)15-31(5)43(37,38)22-12-10-21(39-6)11-13-22/h7-13,17-18,25,30,33H,14-16H2,1-6H3/t17-,18+,25-/m1/s1. The van der Waals surface area contributed by atoms with Crippen molar-refractivity contribution in [1.29, 1.82) is 0 Å². The molecule has 1 aromatic heterocycles. The number of aliphatic hydroxyl groups excluding tert-OH is 1. The van der Waals surface area contributed by atoms with Gasteiger partial charge in [-0.2, -0.15) is 4.31 Å². The van der Waals surface area contributed by atoms with Crippen LogP contribution < -0.4 is 14.2 Å². The van der Waals surface area contributed by atoms with Gasteiger partial charge in [0.05, 0.1) is 42.4 Å². The summed E-state index contributed by atoms with van der Waals surface area (Å²) in [6.07, 6.45) is -0.831. The normalized spacial score (nSPS) is 18.4. The first kappa shape index (κ1) is 32.3. The Labute approximate surface area is 251 Å². The number of nitrogens with one attached hydrogen (secondary N) is 1. The molecular weight excluding hydrogens is 600 g/mol. The van der Waals surface area contributed by atoms with Crippen LogP contribution >= 0.6 is 0 Å². The molecule has 2 aromatic carbocycles. The predicted octanol–water partition coefficient (Wildman–Crippen LogP) is 2.64. The van der Waals surface area contributed by atoms with Crippen molar-refractivity contribution in [2.45, 2.75) is 49.6 Å². The van der Waals surface area contributed by atoms with Crippen LogP contribution in [0.5, 0.6) is 11.5 Å². The molecule has 1 amide bonds. The van der Waals surface area contributed by atoms with Gasteiger partial charge in [-0.15, -0.1) is 0 Å². The highest BCUT2D eigenvalue weighted by atomic mass is 32.2. The lowest BCUT2D eigenvalue weighted by Crippen LogP contribution is -2.50. The van der Waals surface area contributed by atoms with Gasteiger partial charge in [0.25, 0.3) is 15.9 Å². The van der Waals surface area contributed by atoms with E-state index in [2.05, 4.69) is 9.88 Å². The van der Waals surface area contributed by atoms with E-state index in [4.69, 9.17) is 14.0 Å². The number of anilines is 1. The molecule has 4 rings (SSSR count). The number of aryl methyl sites for hydroxylation is 2. The van der Waals surface area contributed by atoms with Crippen LogP contribution in [0.1, 0.15) is 35.7 Å². The molecule has 13 nitrogen and oxygen atoms in total. The largest absolute Gasteiger partial charge is 0.497 e. The Bertz CT molecular complexity index is 1670. The molecule has 0 aliphatic carbocycles. The number of fused-ring (bicyclic) bond motifs is 1. The van der Waals surface area contributed by atoms with Crippen LogP contribution in [0.4, 0.5) is 5.69 Å². The quantitative estimate of drug-likeness (QED) is 0.337. The van der Waals surface area contributed by atoms with Crippen LogP contribution in [0.15, 0.2) is 56.8 Å². The first-order chi connectivity index (χ1) is 20.2. The average Bonchev–Trinajstić information content (AvgIpc) is 3.32. The van der Waals surface area contributed by atoms with Gasteiger partial charge in [0, 0.05) is 19.5 Å². The fourth-order valence-electron chi connectivity index (χ4n) is 4.87. The number of sulfonamides is 2. The number of ether oxygens (including phenoxy) is 2. The Kier molecular flexibility index (Phi) is 9.39. The first-order valence-electron chi connectivity index (χ1n) is 13.5. The van der Waals surface area contributed by atoms with Crippen molar-refractivity contribution < 1.29 is 40.7 Å². The fraction of sp³-hybridized carbons (Fsp3) is 0.429. The summed E-state index contributed by atoms with van der Waals surface area (Å²) in [5.41, 5.74) is 0.180. The maximum atomic E-state index is 13.7. The molecule has 1 aliphatic heterocycles. The Hall–Kier alpha value is -3.66. The number of amides is 1. The molecule has 0 fully saturated rings. The third-order valence-corrected chi connectivity index (χ3v) is 10.8. The number of carbonyl (C=O) groups excluding carboxylic acids is 1. The van der Waals surface area contributed by atoms with E-state index in [-0.39, 0.29) is 57.9 Å². The van der Waals surface area contributed by atoms with Gasteiger partial charge in [0.15, 0.2) is 16.4 Å². The minimum absolute atomic E-state index is 0.0257. The Morgan fingerprint density at radius 3 is 2.42 bits per heavy atom. The highest BCUT2D eigenvalue weighted by Gasteiger charge is 2.37. The third kappa shape index (κ3) is 6.49. The van der Waals surface area contributed by atoms with Crippen LogP contribution in [-0.2, 0) is 20.0 Å². The third-order valence-electron chi connectivity index (χ3n) is 7.38. The first-order valence-corrected chi connectivity index (χ1v) is 16.4. The number of hydrogen-bond donors (Lipinski definition) is 2. The van der Waals surface area contributed by atoms with E-state index in [0.29, 0.717) is 5.75 Å². The lowest BCUT2D eigenvalue weighted by molar-refractivity contribution is 0.0389. The van der Waals surface area contributed by atoms with Crippen molar-refractivity contribution in [3.63, 3.8) is 0 Å². The molecule has 3 aromatic rings. The summed E-state index contributed by atoms with van der Waals surface area (Å²) in [6.45, 7) is 6.15. The molecular formula is C28H36N4O9S2. The van der Waals surface area contributed by atoms with Gasteiger partial charge >= 0.3 is 0 Å². The van der Waals surface area contributed by atoms with Gasteiger partial charge in [-0.25, -0.2) is 16.8 Å². The maximum absolute atomic E-state index is 13.7. The molecule has 2 heterocycles. The highest BCUT2D eigenvalue weighted by molar-refractivity contribution is 7.92. The number of carbonyl (C=O) groups is 1. The van der Waals surface area contributed by atoms with Gasteiger partial charge in [0.1, 0.15) is 17.5 Å². The van der Waals surface area contributed by atoms with E-state index in [1.807, 2.05) is 0 Å². The summed E-state index contributed by atoms with van der Waals surface area (Å²) < 4.78 is 73.9. The lowest BCUT2D eigenvalue weighted by Gasteiger charge is -2.38. The number of likely N-dealkylation sites (N-methyl/N-ethyl adjacent to an activating group) is 1. The van der Waals surface area contributed by atoms with Gasteiger partial charge in [-0.1, -0.05) is 18.1 Å². The van der Waals surface area contributed by atoms with E-state index in [1.165, 1.54) is 63.2 Å².